The summed E-state index contributed by atoms with van der Waals surface area (Å²) in [6.45, 7) is 13.8. The molecule has 14 heteroatoms. The molecule has 0 aliphatic heterocycles. The molecule has 1 aliphatic carbocycles. The molecule has 0 radical (unpaired) electrons. The summed E-state index contributed by atoms with van der Waals surface area (Å²) in [7, 11) is -1.90. The number of carbonyl (C=O) groups excluding carboxylic acids is 1. The summed E-state index contributed by atoms with van der Waals surface area (Å²) in [5.41, 5.74) is 1.55. The van der Waals surface area contributed by atoms with Crippen LogP contribution in [0.2, 0.25) is 18.1 Å². The summed E-state index contributed by atoms with van der Waals surface area (Å²) in [5, 5.41) is 11.8. The molecule has 1 aliphatic rings. The van der Waals surface area contributed by atoms with Crippen LogP contribution in [0, 0.1) is 17.6 Å². The summed E-state index contributed by atoms with van der Waals surface area (Å²) in [5.74, 6) is 0.0997. The lowest BCUT2D eigenvalue weighted by Crippen LogP contribution is -2.41. The summed E-state index contributed by atoms with van der Waals surface area (Å²) in [6, 6.07) is 13.2. The minimum atomic E-state index is -1.90. The van der Waals surface area contributed by atoms with Gasteiger partial charge in [-0.25, -0.2) is 23.7 Å². The Kier molecular flexibility index (Phi) is 10.9. The van der Waals surface area contributed by atoms with Crippen molar-refractivity contribution in [2.24, 2.45) is 5.92 Å². The van der Waals surface area contributed by atoms with Crippen molar-refractivity contribution in [3.63, 3.8) is 0 Å². The van der Waals surface area contributed by atoms with Crippen molar-refractivity contribution in [3.8, 4) is 23.0 Å². The van der Waals surface area contributed by atoms with Gasteiger partial charge < -0.3 is 24.5 Å². The van der Waals surface area contributed by atoms with Gasteiger partial charge in [0.05, 0.1) is 31.5 Å². The predicted molar refractivity (Wildman–Crippen MR) is 200 cm³/mol. The molecule has 52 heavy (non-hydrogen) atoms. The number of amides is 1. The Labute approximate surface area is 303 Å². The number of fused-ring (bicyclic) bond motifs is 1. The van der Waals surface area contributed by atoms with E-state index in [0.717, 1.165) is 12.8 Å². The summed E-state index contributed by atoms with van der Waals surface area (Å²) < 4.78 is 49.6. The third-order valence-corrected chi connectivity index (χ3v) is 13.9. The first-order valence-corrected chi connectivity index (χ1v) is 20.5. The number of halogens is 2. The Morgan fingerprint density at radius 3 is 2.48 bits per heavy atom. The molecule has 2 N–H and O–H groups in total. The molecule has 0 unspecified atom stereocenters. The highest BCUT2D eigenvalue weighted by atomic mass is 28.4. The number of nitrogens with zero attached hydrogens (tertiary/aromatic N) is 5. The molecule has 3 heterocycles. The monoisotopic (exact) mass is 729 g/mol. The first-order valence-electron chi connectivity index (χ1n) is 17.6. The number of para-hydroxylation sites is 1. The third kappa shape index (κ3) is 8.56. The molecule has 1 amide bonds. The van der Waals surface area contributed by atoms with E-state index in [1.54, 1.807) is 31.5 Å². The third-order valence-electron chi connectivity index (χ3n) is 9.40. The number of rotatable bonds is 15. The van der Waals surface area contributed by atoms with E-state index in [4.69, 9.17) is 24.0 Å². The molecule has 0 saturated heterocycles. The summed E-state index contributed by atoms with van der Waals surface area (Å²) in [4.78, 5) is 26.2. The maximum absolute atomic E-state index is 15.1. The lowest BCUT2D eigenvalue weighted by Gasteiger charge is -2.36. The van der Waals surface area contributed by atoms with Crippen LogP contribution in [0.15, 0.2) is 60.9 Å². The van der Waals surface area contributed by atoms with Crippen molar-refractivity contribution in [3.05, 3.63) is 78.1 Å². The predicted octanol–water partition coefficient (Wildman–Crippen LogP) is 8.50. The molecule has 0 bridgehead atoms. The van der Waals surface area contributed by atoms with E-state index in [1.165, 1.54) is 16.8 Å². The van der Waals surface area contributed by atoms with Crippen molar-refractivity contribution in [1.29, 1.82) is 0 Å². The van der Waals surface area contributed by atoms with Crippen LogP contribution in [0.5, 0.6) is 11.5 Å². The van der Waals surface area contributed by atoms with Gasteiger partial charge in [-0.15, -0.1) is 0 Å². The smallest absolute Gasteiger partial charge is 0.228 e. The number of carbonyl (C=O) groups is 1. The highest BCUT2D eigenvalue weighted by Crippen LogP contribution is 2.37. The van der Waals surface area contributed by atoms with Gasteiger partial charge in [-0.3, -0.25) is 9.48 Å². The largest absolute Gasteiger partial charge is 0.494 e. The number of nitrogens with one attached hydrogen (secondary N) is 2. The topological polar surface area (TPSA) is 125 Å². The maximum atomic E-state index is 15.1. The van der Waals surface area contributed by atoms with Crippen LogP contribution in [0.25, 0.3) is 22.4 Å². The van der Waals surface area contributed by atoms with E-state index in [-0.39, 0.29) is 47.2 Å². The number of anilines is 3. The molecule has 5 aromatic rings. The van der Waals surface area contributed by atoms with E-state index in [9.17, 15) is 4.79 Å². The van der Waals surface area contributed by atoms with Crippen molar-refractivity contribution in [2.45, 2.75) is 71.6 Å². The highest BCUT2D eigenvalue weighted by Gasteiger charge is 2.37. The Bertz CT molecular complexity index is 2040. The Hall–Kier alpha value is -4.95. The minimum Gasteiger partial charge on any atom is -0.494 e. The van der Waals surface area contributed by atoms with Crippen LogP contribution in [0.1, 0.15) is 52.5 Å². The molecule has 0 spiro atoms. The van der Waals surface area contributed by atoms with Gasteiger partial charge in [-0.05, 0) is 50.0 Å². The average Bonchev–Trinajstić information content (AvgIpc) is 3.89. The van der Waals surface area contributed by atoms with Gasteiger partial charge in [-0.2, -0.15) is 5.10 Å². The molecular weight excluding hydrogens is 685 g/mol. The zero-order valence-corrected chi connectivity index (χ0v) is 31.4. The average molecular weight is 730 g/mol. The lowest BCUT2D eigenvalue weighted by molar-refractivity contribution is -0.117. The Balaban J connectivity index is 1.30. The first kappa shape index (κ1) is 36.8. The molecule has 1 fully saturated rings. The van der Waals surface area contributed by atoms with Gasteiger partial charge >= 0.3 is 0 Å². The highest BCUT2D eigenvalue weighted by molar-refractivity contribution is 6.74. The number of hydrogen-bond acceptors (Lipinski definition) is 9. The van der Waals surface area contributed by atoms with Crippen molar-refractivity contribution < 1.29 is 27.5 Å². The zero-order chi connectivity index (χ0) is 37.0. The van der Waals surface area contributed by atoms with Gasteiger partial charge in [0.2, 0.25) is 5.91 Å². The van der Waals surface area contributed by atoms with E-state index in [0.29, 0.717) is 59.3 Å². The van der Waals surface area contributed by atoms with Crippen LogP contribution in [-0.2, 0) is 15.8 Å². The van der Waals surface area contributed by atoms with Gasteiger partial charge in [0.15, 0.2) is 25.7 Å². The Morgan fingerprint density at radius 2 is 1.77 bits per heavy atom. The molecule has 11 nitrogen and oxygen atoms in total. The number of ether oxygens (including phenoxy) is 2. The van der Waals surface area contributed by atoms with E-state index in [2.05, 4.69) is 54.5 Å². The zero-order valence-electron chi connectivity index (χ0n) is 30.4. The maximum Gasteiger partial charge on any atom is 0.228 e. The second-order valence-electron chi connectivity index (χ2n) is 14.4. The van der Waals surface area contributed by atoms with Crippen molar-refractivity contribution in [2.75, 3.05) is 30.5 Å². The molecule has 0 atom stereocenters. The van der Waals surface area contributed by atoms with E-state index < -0.39 is 20.0 Å². The Morgan fingerprint density at radius 1 is 1.02 bits per heavy atom. The van der Waals surface area contributed by atoms with Crippen molar-refractivity contribution in [1.82, 2.24) is 24.7 Å². The van der Waals surface area contributed by atoms with Crippen LogP contribution in [0.3, 0.4) is 0 Å². The fourth-order valence-electron chi connectivity index (χ4n) is 5.30. The van der Waals surface area contributed by atoms with Crippen LogP contribution in [-0.4, -0.2) is 58.8 Å². The fraction of sp³-hybridized carbons (Fsp3) is 0.395. The second-order valence-corrected chi connectivity index (χ2v) is 19.2. The number of hydrogen-bond donors (Lipinski definition) is 2. The molecular formula is C38H45F2N7O4Si. The van der Waals surface area contributed by atoms with E-state index >= 15 is 8.78 Å². The van der Waals surface area contributed by atoms with Crippen molar-refractivity contribution >= 4 is 42.5 Å². The summed E-state index contributed by atoms with van der Waals surface area (Å²) >= 11 is 0. The normalized spacial score (nSPS) is 13.3. The van der Waals surface area contributed by atoms with Gasteiger partial charge in [0.1, 0.15) is 28.9 Å². The van der Waals surface area contributed by atoms with E-state index in [1.807, 2.05) is 24.3 Å². The van der Waals surface area contributed by atoms with Crippen LogP contribution in [0.4, 0.5) is 26.1 Å². The van der Waals surface area contributed by atoms with Gasteiger partial charge in [-0.1, -0.05) is 39.0 Å². The second kappa shape index (κ2) is 15.3. The molecule has 3 aromatic heterocycles. The molecule has 6 rings (SSSR count). The van der Waals surface area contributed by atoms with Gasteiger partial charge in [0, 0.05) is 60.0 Å². The standard InChI is InChI=1S/C38H45F2N7O4Si/c1-7-49-26-20-29(39)28(30(40)21-26)23-47-31-12-9-8-11-27(31)34(46-47)36-42-22-32(50-17-10-18-51-52(5,6)38(2,3)4)35(45-36)43-25-15-16-41-33(19-25)44-37(48)24-13-14-24/h8-9,11-12,15-16,19-22,24H,7,10,13-14,17-18,23H2,1-6H3,(H2,41,42,43,44,45,48). The minimum absolute atomic E-state index is 0.0283. The number of pyridine rings is 1. The lowest BCUT2D eigenvalue weighted by atomic mass is 10.1. The molecule has 1 saturated carbocycles. The van der Waals surface area contributed by atoms with Crippen LogP contribution < -0.4 is 20.1 Å². The SMILES string of the molecule is CCOc1cc(F)c(Cn2nc(-c3ncc(OCCCO[Si](C)(C)C(C)(C)C)c(Nc4ccnc(NC(=O)C5CC5)c4)n3)c3ccccc32)c(F)c1. The summed E-state index contributed by atoms with van der Waals surface area (Å²) in [6.07, 6.45) is 5.59. The molecule has 2 aromatic carbocycles. The number of aromatic nitrogens is 5. The molecule has 274 valence electrons. The number of benzene rings is 2. The fourth-order valence-corrected chi connectivity index (χ4v) is 6.38. The quantitative estimate of drug-likeness (QED) is 0.0806. The first-order chi connectivity index (χ1) is 24.8. The van der Waals surface area contributed by atoms with Crippen LogP contribution >= 0.6 is 0 Å². The van der Waals surface area contributed by atoms with Gasteiger partial charge in [0.25, 0.3) is 0 Å².